The molecule has 1 heterocycles. The number of hydrogen-bond donors (Lipinski definition) is 0. The summed E-state index contributed by atoms with van der Waals surface area (Å²) in [5, 5.41) is 0. The number of benzene rings is 3. The van der Waals surface area contributed by atoms with Gasteiger partial charge in [-0.25, -0.2) is 4.90 Å². The van der Waals surface area contributed by atoms with Crippen molar-refractivity contribution in [3.05, 3.63) is 98.6 Å². The summed E-state index contributed by atoms with van der Waals surface area (Å²) in [4.78, 5) is 28.8. The Morgan fingerprint density at radius 1 is 0.793 bits per heavy atom. The molecule has 4 aliphatic rings. The molecule has 7 rings (SSSR count). The molecule has 0 unspecified atom stereocenters. The van der Waals surface area contributed by atoms with E-state index in [1.54, 1.807) is 0 Å². The minimum atomic E-state index is -0.690. The van der Waals surface area contributed by atoms with Gasteiger partial charge in [0, 0.05) is 9.49 Å². The first-order valence-electron chi connectivity index (χ1n) is 9.54. The zero-order chi connectivity index (χ0) is 19.9. The molecule has 142 valence electrons. The minimum absolute atomic E-state index is 0.0981. The maximum absolute atomic E-state index is 13.7. The summed E-state index contributed by atoms with van der Waals surface area (Å²) in [6.07, 6.45) is 0. The second-order valence-corrected chi connectivity index (χ2v) is 10.4. The molecule has 0 aromatic heterocycles. The predicted octanol–water partition coefficient (Wildman–Crippen LogP) is 5.19. The molecule has 0 radical (unpaired) electrons. The fourth-order valence-corrected chi connectivity index (χ4v) is 7.09. The zero-order valence-electron chi connectivity index (χ0n) is 15.2. The largest absolute Gasteiger partial charge is 0.274 e. The molecule has 3 aromatic rings. The summed E-state index contributed by atoms with van der Waals surface area (Å²) in [6.45, 7) is 0. The summed E-state index contributed by atoms with van der Waals surface area (Å²) in [7, 11) is 0. The van der Waals surface area contributed by atoms with Gasteiger partial charge in [-0.2, -0.15) is 0 Å². The Kier molecular flexibility index (Phi) is 3.70. The average Bonchev–Trinajstić information content (AvgIpc) is 3.01. The Hall–Kier alpha value is -1.99. The van der Waals surface area contributed by atoms with Crippen LogP contribution in [0.4, 0.5) is 5.69 Å². The van der Waals surface area contributed by atoms with Gasteiger partial charge in [0.25, 0.3) is 0 Å². The van der Waals surface area contributed by atoms with Crippen LogP contribution in [-0.2, 0) is 13.9 Å². The number of carbonyl (C=O) groups is 2. The Labute approximate surface area is 190 Å². The minimum Gasteiger partial charge on any atom is -0.274 e. The van der Waals surface area contributed by atoms with Gasteiger partial charge in [-0.05, 0) is 69.1 Å². The second kappa shape index (κ2) is 6.01. The number of nitrogens with zero attached hydrogens (tertiary/aromatic N) is 1. The van der Waals surface area contributed by atoms with E-state index < -0.39 is 16.2 Å². The van der Waals surface area contributed by atoms with Crippen molar-refractivity contribution in [2.45, 2.75) is 10.2 Å². The maximum atomic E-state index is 13.7. The monoisotopic (exact) mass is 555 g/mol. The smallest absolute Gasteiger partial charge is 0.239 e. The van der Waals surface area contributed by atoms with Gasteiger partial charge in [-0.3, -0.25) is 9.59 Å². The second-order valence-electron chi connectivity index (χ2n) is 7.86. The predicted molar refractivity (Wildman–Crippen MR) is 123 cm³/mol. The standard InChI is InChI=1S/C24H15BrINO2/c25-24-17-7-3-1-5-15(17)19(16-6-2-4-8-18(16)24)20-21(24)23(29)27(22(20)28)14-11-9-13(26)10-12-14/h1-12,19-21H/t19?,20-,21+,24?/m1/s1. The van der Waals surface area contributed by atoms with E-state index in [9.17, 15) is 9.59 Å². The molecule has 0 spiro atoms. The molecule has 0 N–H and O–H groups in total. The molecule has 3 aromatic carbocycles. The lowest BCUT2D eigenvalue weighted by atomic mass is 9.55. The molecule has 3 nitrogen and oxygen atoms in total. The topological polar surface area (TPSA) is 37.4 Å². The number of halogens is 2. The fraction of sp³-hybridized carbons (Fsp3) is 0.167. The van der Waals surface area contributed by atoms with E-state index >= 15 is 0 Å². The summed E-state index contributed by atoms with van der Waals surface area (Å²) in [6, 6.07) is 24.0. The van der Waals surface area contributed by atoms with Crippen molar-refractivity contribution >= 4 is 56.0 Å². The highest BCUT2D eigenvalue weighted by Gasteiger charge is 2.67. The molecule has 29 heavy (non-hydrogen) atoms. The van der Waals surface area contributed by atoms with Gasteiger partial charge >= 0.3 is 0 Å². The average molecular weight is 556 g/mol. The van der Waals surface area contributed by atoms with Crippen molar-refractivity contribution in [2.75, 3.05) is 4.90 Å². The van der Waals surface area contributed by atoms with Crippen molar-refractivity contribution in [3.63, 3.8) is 0 Å². The van der Waals surface area contributed by atoms with Crippen LogP contribution in [0, 0.1) is 15.4 Å². The number of alkyl halides is 1. The van der Waals surface area contributed by atoms with Gasteiger partial charge in [-0.15, -0.1) is 0 Å². The third-order valence-electron chi connectivity index (χ3n) is 6.60. The molecule has 5 heteroatoms. The Bertz CT molecular complexity index is 1160. The number of hydrogen-bond acceptors (Lipinski definition) is 2. The fourth-order valence-electron chi connectivity index (χ4n) is 5.52. The molecule has 1 saturated heterocycles. The van der Waals surface area contributed by atoms with Crippen molar-refractivity contribution in [1.29, 1.82) is 0 Å². The number of rotatable bonds is 1. The Morgan fingerprint density at radius 3 is 1.93 bits per heavy atom. The van der Waals surface area contributed by atoms with E-state index in [0.29, 0.717) is 5.69 Å². The van der Waals surface area contributed by atoms with Gasteiger partial charge in [0.2, 0.25) is 11.8 Å². The van der Waals surface area contributed by atoms with Crippen LogP contribution in [0.3, 0.4) is 0 Å². The van der Waals surface area contributed by atoms with Crippen LogP contribution in [0.25, 0.3) is 0 Å². The number of carbonyl (C=O) groups excluding carboxylic acids is 2. The van der Waals surface area contributed by atoms with Gasteiger partial charge in [0.1, 0.15) is 0 Å². The van der Waals surface area contributed by atoms with E-state index in [4.69, 9.17) is 0 Å². The number of amides is 2. The summed E-state index contributed by atoms with van der Waals surface area (Å²) < 4.78 is 0.379. The number of imide groups is 1. The normalized spacial score (nSPS) is 28.9. The van der Waals surface area contributed by atoms with E-state index in [-0.39, 0.29) is 17.7 Å². The van der Waals surface area contributed by atoms with E-state index in [0.717, 1.165) is 25.8 Å². The lowest BCUT2D eigenvalue weighted by molar-refractivity contribution is -0.122. The molecule has 1 aliphatic heterocycles. The third kappa shape index (κ3) is 2.12. The highest BCUT2D eigenvalue weighted by atomic mass is 127. The maximum Gasteiger partial charge on any atom is 0.239 e. The molecule has 0 saturated carbocycles. The van der Waals surface area contributed by atoms with E-state index in [2.05, 4.69) is 62.8 Å². The third-order valence-corrected chi connectivity index (χ3v) is 8.67. The molecular formula is C24H15BrINO2. The number of anilines is 1. The lowest BCUT2D eigenvalue weighted by Crippen LogP contribution is -2.50. The quantitative estimate of drug-likeness (QED) is 0.235. The van der Waals surface area contributed by atoms with Gasteiger partial charge < -0.3 is 0 Å². The van der Waals surface area contributed by atoms with Crippen molar-refractivity contribution < 1.29 is 9.59 Å². The first-order chi connectivity index (χ1) is 14.0. The molecule has 1 fully saturated rings. The van der Waals surface area contributed by atoms with Crippen molar-refractivity contribution in [1.82, 2.24) is 0 Å². The molecule has 2 bridgehead atoms. The SMILES string of the molecule is O=C1[C@@H]2C3c4ccccc4C(Br)(c4ccccc43)[C@@H]2C(=O)N1c1ccc(I)cc1. The highest BCUT2D eigenvalue weighted by molar-refractivity contribution is 14.1. The van der Waals surface area contributed by atoms with Crippen molar-refractivity contribution in [3.8, 4) is 0 Å². The van der Waals surface area contributed by atoms with Gasteiger partial charge in [-0.1, -0.05) is 64.5 Å². The van der Waals surface area contributed by atoms with Gasteiger partial charge in [0.05, 0.1) is 21.8 Å². The summed E-state index contributed by atoms with van der Waals surface area (Å²) in [5.74, 6) is -1.17. The van der Waals surface area contributed by atoms with Crippen LogP contribution in [0.1, 0.15) is 28.2 Å². The van der Waals surface area contributed by atoms with Crippen LogP contribution in [0.2, 0.25) is 0 Å². The van der Waals surface area contributed by atoms with Crippen LogP contribution in [-0.4, -0.2) is 11.8 Å². The lowest BCUT2D eigenvalue weighted by Gasteiger charge is -2.51. The Morgan fingerprint density at radius 2 is 1.34 bits per heavy atom. The first-order valence-corrected chi connectivity index (χ1v) is 11.4. The van der Waals surface area contributed by atoms with Crippen molar-refractivity contribution in [2.24, 2.45) is 11.8 Å². The van der Waals surface area contributed by atoms with Gasteiger partial charge in [0.15, 0.2) is 0 Å². The van der Waals surface area contributed by atoms with E-state index in [1.807, 2.05) is 48.5 Å². The summed E-state index contributed by atoms with van der Waals surface area (Å²) >= 11 is 6.24. The molecule has 2 atom stereocenters. The van der Waals surface area contributed by atoms with Crippen LogP contribution < -0.4 is 4.90 Å². The highest BCUT2D eigenvalue weighted by Crippen LogP contribution is 2.66. The van der Waals surface area contributed by atoms with Crippen LogP contribution in [0.5, 0.6) is 0 Å². The van der Waals surface area contributed by atoms with Crippen LogP contribution >= 0.6 is 38.5 Å². The molecular weight excluding hydrogens is 541 g/mol. The van der Waals surface area contributed by atoms with E-state index in [1.165, 1.54) is 4.90 Å². The van der Waals surface area contributed by atoms with Crippen LogP contribution in [0.15, 0.2) is 72.8 Å². The Balaban J connectivity index is 1.61. The first kappa shape index (κ1) is 17.8. The summed E-state index contributed by atoms with van der Waals surface area (Å²) in [5.41, 5.74) is 5.16. The molecule has 3 aliphatic carbocycles. The zero-order valence-corrected chi connectivity index (χ0v) is 18.9. The molecule has 2 amide bonds.